The van der Waals surface area contributed by atoms with Gasteiger partial charge in [-0.15, -0.1) is 0 Å². The smallest absolute Gasteiger partial charge is 0.224 e. The maximum absolute atomic E-state index is 12.9. The first-order valence-electron chi connectivity index (χ1n) is 7.45. The zero-order valence-corrected chi connectivity index (χ0v) is 12.8. The second kappa shape index (κ2) is 6.96. The van der Waals surface area contributed by atoms with Gasteiger partial charge in [0.05, 0.1) is 0 Å². The molecule has 1 N–H and O–H groups in total. The highest BCUT2D eigenvalue weighted by molar-refractivity contribution is 6.05. The molecule has 0 spiro atoms. The highest BCUT2D eigenvalue weighted by atomic mass is 19.1. The Morgan fingerprint density at radius 2 is 1.71 bits per heavy atom. The van der Waals surface area contributed by atoms with E-state index in [1.54, 1.807) is 48.5 Å². The lowest BCUT2D eigenvalue weighted by atomic mass is 10.1. The summed E-state index contributed by atoms with van der Waals surface area (Å²) in [6.45, 7) is 0. The number of carbonyl (C=O) groups excluding carboxylic acids is 1. The second-order valence-corrected chi connectivity index (χ2v) is 5.33. The number of furan rings is 1. The predicted molar refractivity (Wildman–Crippen MR) is 89.3 cm³/mol. The van der Waals surface area contributed by atoms with Crippen molar-refractivity contribution in [3.8, 4) is 0 Å². The third-order valence-electron chi connectivity index (χ3n) is 3.53. The summed E-state index contributed by atoms with van der Waals surface area (Å²) in [5, 5.41) is 9.98. The largest absolute Gasteiger partial charge is 0.507 e. The maximum Gasteiger partial charge on any atom is 0.224 e. The number of aliphatic hydroxyl groups excluding tert-OH is 1. The van der Waals surface area contributed by atoms with E-state index in [4.69, 9.17) is 4.42 Å². The van der Waals surface area contributed by atoms with E-state index in [0.717, 1.165) is 11.6 Å². The summed E-state index contributed by atoms with van der Waals surface area (Å²) in [6.07, 6.45) is 1.60. The van der Waals surface area contributed by atoms with Crippen molar-refractivity contribution in [1.29, 1.82) is 0 Å². The molecule has 3 aromatic rings. The van der Waals surface area contributed by atoms with Crippen LogP contribution in [0.4, 0.5) is 4.39 Å². The van der Waals surface area contributed by atoms with Gasteiger partial charge in [0, 0.05) is 18.1 Å². The number of hydrogen-bond acceptors (Lipinski definition) is 3. The molecule has 0 atom stereocenters. The Bertz CT molecular complexity index is 861. The van der Waals surface area contributed by atoms with E-state index in [-0.39, 0.29) is 17.3 Å². The minimum atomic E-state index is -0.415. The van der Waals surface area contributed by atoms with Crippen molar-refractivity contribution in [1.82, 2.24) is 0 Å². The maximum atomic E-state index is 12.9. The highest BCUT2D eigenvalue weighted by Gasteiger charge is 2.11. The summed E-state index contributed by atoms with van der Waals surface area (Å²) in [5.74, 6) is -0.0819. The number of halogens is 1. The predicted octanol–water partition coefficient (Wildman–Crippen LogP) is 4.79. The number of ketones is 1. The molecule has 0 saturated carbocycles. The number of allylic oxidation sites excluding steroid dienone is 1. The van der Waals surface area contributed by atoms with Crippen LogP contribution in [0, 0.1) is 5.82 Å². The van der Waals surface area contributed by atoms with Gasteiger partial charge in [0.2, 0.25) is 5.78 Å². The van der Waals surface area contributed by atoms with Crippen molar-refractivity contribution in [2.45, 2.75) is 6.42 Å². The Balaban J connectivity index is 1.73. The summed E-state index contributed by atoms with van der Waals surface area (Å²) in [6, 6.07) is 18.2. The van der Waals surface area contributed by atoms with E-state index in [1.165, 1.54) is 12.1 Å². The average Bonchev–Trinajstić information content (AvgIpc) is 3.06. The van der Waals surface area contributed by atoms with E-state index in [2.05, 4.69) is 0 Å². The Labute approximate surface area is 138 Å². The van der Waals surface area contributed by atoms with Crippen LogP contribution in [-0.2, 0) is 6.42 Å². The zero-order chi connectivity index (χ0) is 16.9. The number of carbonyl (C=O) groups is 1. The molecule has 0 aliphatic rings. The first-order chi connectivity index (χ1) is 11.6. The molecule has 0 amide bonds. The quantitative estimate of drug-likeness (QED) is 0.417. The molecule has 3 nitrogen and oxygen atoms in total. The SMILES string of the molecule is O=C(C=C(O)c1ccccc1)c1ccc(Cc2ccc(F)cc2)o1. The van der Waals surface area contributed by atoms with Crippen molar-refractivity contribution < 1.29 is 18.7 Å². The molecule has 0 unspecified atom stereocenters. The Kier molecular flexibility index (Phi) is 4.57. The van der Waals surface area contributed by atoms with Gasteiger partial charge in [-0.25, -0.2) is 4.39 Å². The van der Waals surface area contributed by atoms with Crippen molar-refractivity contribution in [2.24, 2.45) is 0 Å². The van der Waals surface area contributed by atoms with E-state index >= 15 is 0 Å². The summed E-state index contributed by atoms with van der Waals surface area (Å²) in [4.78, 5) is 12.2. The molecule has 1 heterocycles. The van der Waals surface area contributed by atoms with Gasteiger partial charge in [-0.2, -0.15) is 0 Å². The van der Waals surface area contributed by atoms with Gasteiger partial charge in [0.25, 0.3) is 0 Å². The monoisotopic (exact) mass is 322 g/mol. The first-order valence-corrected chi connectivity index (χ1v) is 7.45. The zero-order valence-electron chi connectivity index (χ0n) is 12.8. The summed E-state index contributed by atoms with van der Waals surface area (Å²) in [5.41, 5.74) is 1.44. The third-order valence-corrected chi connectivity index (χ3v) is 3.53. The molecule has 0 fully saturated rings. The van der Waals surface area contributed by atoms with Gasteiger partial charge in [-0.3, -0.25) is 4.79 Å². The number of aliphatic hydroxyl groups is 1. The van der Waals surface area contributed by atoms with Gasteiger partial charge >= 0.3 is 0 Å². The molecule has 24 heavy (non-hydrogen) atoms. The van der Waals surface area contributed by atoms with Crippen molar-refractivity contribution in [3.05, 3.63) is 101 Å². The number of rotatable bonds is 5. The molecule has 0 aliphatic heterocycles. The van der Waals surface area contributed by atoms with E-state index in [1.807, 2.05) is 6.07 Å². The molecular formula is C20H15FO3. The van der Waals surface area contributed by atoms with Crippen LogP contribution < -0.4 is 0 Å². The lowest BCUT2D eigenvalue weighted by molar-refractivity contribution is 0.101. The molecule has 0 radical (unpaired) electrons. The topological polar surface area (TPSA) is 50.4 Å². The van der Waals surface area contributed by atoms with E-state index in [9.17, 15) is 14.3 Å². The van der Waals surface area contributed by atoms with Gasteiger partial charge in [-0.1, -0.05) is 42.5 Å². The molecular weight excluding hydrogens is 307 g/mol. The molecule has 0 aliphatic carbocycles. The standard InChI is InChI=1S/C20H15FO3/c21-16-8-6-14(7-9-16)12-17-10-11-20(24-17)19(23)13-18(22)15-4-2-1-3-5-15/h1-11,13,22H,12H2. The lowest BCUT2D eigenvalue weighted by Crippen LogP contribution is -1.94. The average molecular weight is 322 g/mol. The molecule has 0 bridgehead atoms. The molecule has 1 aromatic heterocycles. The van der Waals surface area contributed by atoms with Crippen LogP contribution in [0.1, 0.15) is 27.4 Å². The molecule has 2 aromatic carbocycles. The van der Waals surface area contributed by atoms with Gasteiger partial charge < -0.3 is 9.52 Å². The van der Waals surface area contributed by atoms with Crippen molar-refractivity contribution >= 4 is 11.5 Å². The van der Waals surface area contributed by atoms with Gasteiger partial charge in [0.15, 0.2) is 5.76 Å². The van der Waals surface area contributed by atoms with E-state index < -0.39 is 5.78 Å². The first kappa shape index (κ1) is 15.7. The van der Waals surface area contributed by atoms with Crippen LogP contribution in [-0.4, -0.2) is 10.9 Å². The van der Waals surface area contributed by atoms with E-state index in [0.29, 0.717) is 17.7 Å². The van der Waals surface area contributed by atoms with Crippen LogP contribution in [0.25, 0.3) is 5.76 Å². The third kappa shape index (κ3) is 3.79. The minimum absolute atomic E-state index is 0.114. The molecule has 3 rings (SSSR count). The van der Waals surface area contributed by atoms with Crippen LogP contribution in [0.3, 0.4) is 0 Å². The fourth-order valence-electron chi connectivity index (χ4n) is 2.30. The van der Waals surface area contributed by atoms with Crippen molar-refractivity contribution in [2.75, 3.05) is 0 Å². The summed E-state index contributed by atoms with van der Waals surface area (Å²) >= 11 is 0. The fourth-order valence-corrected chi connectivity index (χ4v) is 2.30. The number of benzene rings is 2. The Morgan fingerprint density at radius 1 is 1.00 bits per heavy atom. The molecule has 120 valence electrons. The highest BCUT2D eigenvalue weighted by Crippen LogP contribution is 2.17. The van der Waals surface area contributed by atoms with Crippen molar-refractivity contribution in [3.63, 3.8) is 0 Å². The Morgan fingerprint density at radius 3 is 2.42 bits per heavy atom. The van der Waals surface area contributed by atoms with Crippen LogP contribution >= 0.6 is 0 Å². The summed E-state index contributed by atoms with van der Waals surface area (Å²) in [7, 11) is 0. The Hall–Kier alpha value is -3.14. The fraction of sp³-hybridized carbons (Fsp3) is 0.0500. The van der Waals surface area contributed by atoms with Crippen LogP contribution in [0.5, 0.6) is 0 Å². The van der Waals surface area contributed by atoms with Gasteiger partial charge in [-0.05, 0) is 29.8 Å². The number of hydrogen-bond donors (Lipinski definition) is 1. The lowest BCUT2D eigenvalue weighted by Gasteiger charge is -1.99. The minimum Gasteiger partial charge on any atom is -0.507 e. The second-order valence-electron chi connectivity index (χ2n) is 5.33. The van der Waals surface area contributed by atoms with Gasteiger partial charge in [0.1, 0.15) is 17.3 Å². The normalized spacial score (nSPS) is 11.5. The van der Waals surface area contributed by atoms with Crippen LogP contribution in [0.2, 0.25) is 0 Å². The molecule has 4 heteroatoms. The summed E-state index contributed by atoms with van der Waals surface area (Å²) < 4.78 is 18.4. The molecule has 0 saturated heterocycles. The van der Waals surface area contributed by atoms with Crippen LogP contribution in [0.15, 0.2) is 77.2 Å².